The number of ether oxygens (including phenoxy) is 1. The van der Waals surface area contributed by atoms with Crippen LogP contribution in [0.1, 0.15) is 24.8 Å². The predicted octanol–water partition coefficient (Wildman–Crippen LogP) is 3.87. The maximum absolute atomic E-state index is 5.75. The van der Waals surface area contributed by atoms with E-state index in [-0.39, 0.29) is 11.5 Å². The molecule has 0 spiro atoms. The molecule has 0 amide bonds. The van der Waals surface area contributed by atoms with Crippen LogP contribution < -0.4 is 0 Å². The zero-order chi connectivity index (χ0) is 12.4. The van der Waals surface area contributed by atoms with Crippen LogP contribution in [0.3, 0.4) is 0 Å². The van der Waals surface area contributed by atoms with E-state index in [4.69, 9.17) is 4.74 Å². The lowest BCUT2D eigenvalue weighted by molar-refractivity contribution is 0.0798. The molecule has 1 aromatic rings. The SMILES string of the molecule is COC1C=CC=CC1(CC1CC1)c1ccccc1. The van der Waals surface area contributed by atoms with Gasteiger partial charge in [-0.1, -0.05) is 67.5 Å². The van der Waals surface area contributed by atoms with Gasteiger partial charge in [0.2, 0.25) is 0 Å². The van der Waals surface area contributed by atoms with Crippen molar-refractivity contribution < 1.29 is 4.74 Å². The fourth-order valence-electron chi connectivity index (χ4n) is 3.06. The van der Waals surface area contributed by atoms with Crippen molar-refractivity contribution in [2.75, 3.05) is 7.11 Å². The number of rotatable bonds is 4. The second-order valence-electron chi connectivity index (χ2n) is 5.45. The lowest BCUT2D eigenvalue weighted by Crippen LogP contribution is -2.39. The van der Waals surface area contributed by atoms with E-state index in [1.807, 2.05) is 7.11 Å². The largest absolute Gasteiger partial charge is 0.376 e. The quantitative estimate of drug-likeness (QED) is 0.776. The van der Waals surface area contributed by atoms with Crippen molar-refractivity contribution in [1.29, 1.82) is 0 Å². The van der Waals surface area contributed by atoms with Crippen LogP contribution in [0.25, 0.3) is 0 Å². The summed E-state index contributed by atoms with van der Waals surface area (Å²) in [6, 6.07) is 10.8. The Morgan fingerprint density at radius 1 is 1.17 bits per heavy atom. The van der Waals surface area contributed by atoms with E-state index < -0.39 is 0 Å². The molecule has 2 aliphatic rings. The van der Waals surface area contributed by atoms with Crippen LogP contribution in [0.5, 0.6) is 0 Å². The van der Waals surface area contributed by atoms with Crippen LogP contribution >= 0.6 is 0 Å². The lowest BCUT2D eigenvalue weighted by atomic mass is 9.70. The topological polar surface area (TPSA) is 9.23 Å². The summed E-state index contributed by atoms with van der Waals surface area (Å²) in [5.41, 5.74) is 1.41. The zero-order valence-electron chi connectivity index (χ0n) is 10.9. The van der Waals surface area contributed by atoms with Crippen LogP contribution in [-0.2, 0) is 10.2 Å². The van der Waals surface area contributed by atoms with Gasteiger partial charge in [-0.05, 0) is 17.9 Å². The molecule has 1 heteroatoms. The van der Waals surface area contributed by atoms with Gasteiger partial charge in [0.05, 0.1) is 6.10 Å². The lowest BCUT2D eigenvalue weighted by Gasteiger charge is -2.38. The third kappa shape index (κ3) is 2.04. The molecule has 0 saturated heterocycles. The average Bonchev–Trinajstić information content (AvgIpc) is 3.24. The maximum Gasteiger partial charge on any atom is 0.0886 e. The van der Waals surface area contributed by atoms with Gasteiger partial charge in [-0.2, -0.15) is 0 Å². The number of allylic oxidation sites excluding steroid dienone is 2. The highest BCUT2D eigenvalue weighted by Crippen LogP contribution is 2.46. The van der Waals surface area contributed by atoms with E-state index in [9.17, 15) is 0 Å². The van der Waals surface area contributed by atoms with Gasteiger partial charge in [0.25, 0.3) is 0 Å². The summed E-state index contributed by atoms with van der Waals surface area (Å²) in [4.78, 5) is 0. The highest BCUT2D eigenvalue weighted by Gasteiger charge is 2.42. The van der Waals surface area contributed by atoms with Gasteiger partial charge in [0.1, 0.15) is 0 Å². The van der Waals surface area contributed by atoms with Crippen LogP contribution in [0.15, 0.2) is 54.6 Å². The second-order valence-corrected chi connectivity index (χ2v) is 5.45. The highest BCUT2D eigenvalue weighted by molar-refractivity contribution is 5.39. The number of benzene rings is 1. The molecular formula is C17H20O. The Kier molecular flexibility index (Phi) is 3.09. The van der Waals surface area contributed by atoms with Gasteiger partial charge in [0, 0.05) is 12.5 Å². The standard InChI is InChI=1S/C17H20O/c1-18-16-9-5-6-12-17(16,13-14-10-11-14)15-7-3-2-4-8-15/h2-9,12,14,16H,10-11,13H2,1H3. The second kappa shape index (κ2) is 4.74. The van der Waals surface area contributed by atoms with Crippen molar-refractivity contribution in [2.45, 2.75) is 30.8 Å². The van der Waals surface area contributed by atoms with E-state index in [0.29, 0.717) is 0 Å². The van der Waals surface area contributed by atoms with Crippen LogP contribution in [-0.4, -0.2) is 13.2 Å². The molecule has 18 heavy (non-hydrogen) atoms. The highest BCUT2D eigenvalue weighted by atomic mass is 16.5. The number of hydrogen-bond acceptors (Lipinski definition) is 1. The molecule has 3 rings (SSSR count). The molecule has 0 aromatic heterocycles. The van der Waals surface area contributed by atoms with Gasteiger partial charge < -0.3 is 4.74 Å². The molecule has 0 N–H and O–H groups in total. The summed E-state index contributed by atoms with van der Waals surface area (Å²) in [5, 5.41) is 0. The molecule has 2 aliphatic carbocycles. The van der Waals surface area contributed by atoms with Gasteiger partial charge in [-0.25, -0.2) is 0 Å². The molecule has 1 nitrogen and oxygen atoms in total. The van der Waals surface area contributed by atoms with E-state index in [0.717, 1.165) is 5.92 Å². The van der Waals surface area contributed by atoms with E-state index in [1.165, 1.54) is 24.8 Å². The summed E-state index contributed by atoms with van der Waals surface area (Å²) in [6.07, 6.45) is 12.9. The molecule has 1 aromatic carbocycles. The molecule has 0 heterocycles. The van der Waals surface area contributed by atoms with Gasteiger partial charge in [-0.3, -0.25) is 0 Å². The zero-order valence-corrected chi connectivity index (χ0v) is 10.9. The van der Waals surface area contributed by atoms with Crippen LogP contribution in [0.2, 0.25) is 0 Å². The van der Waals surface area contributed by atoms with Crippen molar-refractivity contribution in [3.05, 3.63) is 60.2 Å². The normalized spacial score (nSPS) is 30.6. The Balaban J connectivity index is 2.02. The summed E-state index contributed by atoms with van der Waals surface area (Å²) < 4.78 is 5.75. The minimum atomic E-state index is 0.0337. The monoisotopic (exact) mass is 240 g/mol. The molecular weight excluding hydrogens is 220 g/mol. The molecule has 0 aliphatic heterocycles. The smallest absolute Gasteiger partial charge is 0.0886 e. The molecule has 2 atom stereocenters. The van der Waals surface area contributed by atoms with Crippen molar-refractivity contribution in [1.82, 2.24) is 0 Å². The minimum absolute atomic E-state index is 0.0337. The fraction of sp³-hybridized carbons (Fsp3) is 0.412. The first-order valence-electron chi connectivity index (χ1n) is 6.79. The first-order chi connectivity index (χ1) is 8.85. The van der Waals surface area contributed by atoms with E-state index in [1.54, 1.807) is 0 Å². The third-order valence-corrected chi connectivity index (χ3v) is 4.19. The summed E-state index contributed by atoms with van der Waals surface area (Å²) in [7, 11) is 1.82. The van der Waals surface area contributed by atoms with Crippen molar-refractivity contribution in [3.8, 4) is 0 Å². The third-order valence-electron chi connectivity index (χ3n) is 4.19. The van der Waals surface area contributed by atoms with Crippen molar-refractivity contribution in [3.63, 3.8) is 0 Å². The van der Waals surface area contributed by atoms with Gasteiger partial charge in [-0.15, -0.1) is 0 Å². The van der Waals surface area contributed by atoms with Crippen LogP contribution in [0, 0.1) is 5.92 Å². The first-order valence-corrected chi connectivity index (χ1v) is 6.79. The van der Waals surface area contributed by atoms with Crippen LogP contribution in [0.4, 0.5) is 0 Å². The Labute approximate surface area is 109 Å². The molecule has 94 valence electrons. The Morgan fingerprint density at radius 2 is 1.94 bits per heavy atom. The molecule has 0 radical (unpaired) electrons. The molecule has 0 bridgehead atoms. The molecule has 1 saturated carbocycles. The molecule has 2 unspecified atom stereocenters. The number of methoxy groups -OCH3 is 1. The summed E-state index contributed by atoms with van der Waals surface area (Å²) in [5.74, 6) is 0.874. The Morgan fingerprint density at radius 3 is 2.61 bits per heavy atom. The van der Waals surface area contributed by atoms with Gasteiger partial charge in [0.15, 0.2) is 0 Å². The minimum Gasteiger partial charge on any atom is -0.376 e. The molecule has 1 fully saturated rings. The van der Waals surface area contributed by atoms with Gasteiger partial charge >= 0.3 is 0 Å². The number of hydrogen-bond donors (Lipinski definition) is 0. The maximum atomic E-state index is 5.75. The predicted molar refractivity (Wildman–Crippen MR) is 74.5 cm³/mol. The fourth-order valence-corrected chi connectivity index (χ4v) is 3.06. The summed E-state index contributed by atoms with van der Waals surface area (Å²) >= 11 is 0. The van der Waals surface area contributed by atoms with Crippen molar-refractivity contribution in [2.24, 2.45) is 5.92 Å². The summed E-state index contributed by atoms with van der Waals surface area (Å²) in [6.45, 7) is 0. The van der Waals surface area contributed by atoms with E-state index >= 15 is 0 Å². The van der Waals surface area contributed by atoms with Crippen molar-refractivity contribution >= 4 is 0 Å². The van der Waals surface area contributed by atoms with E-state index in [2.05, 4.69) is 54.6 Å². The Hall–Kier alpha value is -1.34. The Bertz CT molecular complexity index is 456. The first kappa shape index (κ1) is 11.7. The average molecular weight is 240 g/mol.